The topological polar surface area (TPSA) is 49.0 Å². The van der Waals surface area contributed by atoms with E-state index < -0.39 is 6.64 Å². The highest BCUT2D eigenvalue weighted by molar-refractivity contribution is 8.09. The summed E-state index contributed by atoms with van der Waals surface area (Å²) in [5.74, 6) is 2.00. The molecule has 106 valence electrons. The zero-order chi connectivity index (χ0) is 13.9. The van der Waals surface area contributed by atoms with Crippen LogP contribution >= 0.6 is 6.64 Å². The second-order valence-corrected chi connectivity index (χ2v) is 7.44. The Morgan fingerprint density at radius 3 is 2.79 bits per heavy atom. The zero-order valence-corrected chi connectivity index (χ0v) is 12.9. The Hall–Kier alpha value is -0.810. The highest BCUT2D eigenvalue weighted by Gasteiger charge is 2.23. The SMILES string of the molecule is CCOP(=S)(NC(C)C)Oc1ccc2c(c1)OCO2. The van der Waals surface area contributed by atoms with E-state index in [-0.39, 0.29) is 12.8 Å². The van der Waals surface area contributed by atoms with Gasteiger partial charge in [-0.05, 0) is 44.7 Å². The molecule has 0 radical (unpaired) electrons. The van der Waals surface area contributed by atoms with Crippen molar-refractivity contribution in [1.82, 2.24) is 5.09 Å². The first-order valence-electron chi connectivity index (χ1n) is 6.14. The first-order chi connectivity index (χ1) is 9.02. The van der Waals surface area contributed by atoms with Gasteiger partial charge in [0.05, 0.1) is 6.61 Å². The van der Waals surface area contributed by atoms with Crippen molar-refractivity contribution < 1.29 is 18.5 Å². The van der Waals surface area contributed by atoms with E-state index in [4.69, 9.17) is 30.3 Å². The third kappa shape index (κ3) is 3.83. The quantitative estimate of drug-likeness (QED) is 0.815. The van der Waals surface area contributed by atoms with Gasteiger partial charge in [0.1, 0.15) is 5.75 Å². The first-order valence-corrected chi connectivity index (χ1v) is 8.78. The molecule has 0 bridgehead atoms. The van der Waals surface area contributed by atoms with E-state index in [1.807, 2.05) is 20.8 Å². The summed E-state index contributed by atoms with van der Waals surface area (Å²) in [4.78, 5) is 0. The largest absolute Gasteiger partial charge is 0.454 e. The molecule has 0 spiro atoms. The molecule has 1 aromatic carbocycles. The molecule has 1 aromatic rings. The Labute approximate surface area is 118 Å². The summed E-state index contributed by atoms with van der Waals surface area (Å²) in [7, 11) is 0. The number of fused-ring (bicyclic) bond motifs is 1. The van der Waals surface area contributed by atoms with Crippen LogP contribution < -0.4 is 19.1 Å². The fourth-order valence-corrected chi connectivity index (χ4v) is 4.40. The lowest BCUT2D eigenvalue weighted by molar-refractivity contribution is 0.174. The lowest BCUT2D eigenvalue weighted by Gasteiger charge is -2.25. The molecule has 0 saturated carbocycles. The maximum Gasteiger partial charge on any atom is 0.313 e. The Morgan fingerprint density at radius 2 is 2.11 bits per heavy atom. The Kier molecular flexibility index (Phi) is 4.68. The first kappa shape index (κ1) is 14.6. The van der Waals surface area contributed by atoms with Crippen LogP contribution in [0.15, 0.2) is 18.2 Å². The highest BCUT2D eigenvalue weighted by Crippen LogP contribution is 2.47. The minimum Gasteiger partial charge on any atom is -0.454 e. The molecule has 0 saturated heterocycles. The molecule has 1 heterocycles. The number of benzene rings is 1. The predicted molar refractivity (Wildman–Crippen MR) is 77.4 cm³/mol. The molecule has 1 unspecified atom stereocenters. The fourth-order valence-electron chi connectivity index (χ4n) is 1.65. The van der Waals surface area contributed by atoms with Gasteiger partial charge in [-0.2, -0.15) is 0 Å². The average Bonchev–Trinajstić information content (AvgIpc) is 2.74. The lowest BCUT2D eigenvalue weighted by Crippen LogP contribution is -2.23. The molecular formula is C12H18NO4PS. The van der Waals surface area contributed by atoms with Crippen molar-refractivity contribution in [2.75, 3.05) is 13.4 Å². The van der Waals surface area contributed by atoms with E-state index in [0.717, 1.165) is 0 Å². The van der Waals surface area contributed by atoms with Gasteiger partial charge in [0, 0.05) is 12.1 Å². The van der Waals surface area contributed by atoms with Crippen molar-refractivity contribution in [3.63, 3.8) is 0 Å². The molecule has 1 N–H and O–H groups in total. The van der Waals surface area contributed by atoms with Crippen molar-refractivity contribution in [2.45, 2.75) is 26.8 Å². The second kappa shape index (κ2) is 6.09. The van der Waals surface area contributed by atoms with Gasteiger partial charge in [0.15, 0.2) is 11.5 Å². The molecule has 7 heteroatoms. The number of ether oxygens (including phenoxy) is 2. The lowest BCUT2D eigenvalue weighted by atomic mass is 10.3. The van der Waals surface area contributed by atoms with Crippen LogP contribution in [0, 0.1) is 0 Å². The van der Waals surface area contributed by atoms with E-state index in [1.54, 1.807) is 18.2 Å². The fraction of sp³-hybridized carbons (Fsp3) is 0.500. The van der Waals surface area contributed by atoms with Crippen LogP contribution in [0.5, 0.6) is 17.2 Å². The van der Waals surface area contributed by atoms with Crippen LogP contribution in [0.1, 0.15) is 20.8 Å². The van der Waals surface area contributed by atoms with Gasteiger partial charge in [-0.3, -0.25) is 0 Å². The van der Waals surface area contributed by atoms with Crippen LogP contribution in [-0.4, -0.2) is 19.4 Å². The zero-order valence-electron chi connectivity index (χ0n) is 11.2. The predicted octanol–water partition coefficient (Wildman–Crippen LogP) is 3.05. The van der Waals surface area contributed by atoms with Crippen LogP contribution in [0.25, 0.3) is 0 Å². The summed E-state index contributed by atoms with van der Waals surface area (Å²) < 4.78 is 22.0. The monoisotopic (exact) mass is 303 g/mol. The Balaban J connectivity index is 2.15. The van der Waals surface area contributed by atoms with Crippen LogP contribution in [-0.2, 0) is 16.3 Å². The van der Waals surface area contributed by atoms with Gasteiger partial charge in [0.25, 0.3) is 0 Å². The molecule has 19 heavy (non-hydrogen) atoms. The molecule has 2 rings (SSSR count). The third-order valence-corrected chi connectivity index (χ3v) is 5.02. The van der Waals surface area contributed by atoms with E-state index in [9.17, 15) is 0 Å². The average molecular weight is 303 g/mol. The van der Waals surface area contributed by atoms with Gasteiger partial charge < -0.3 is 18.5 Å². The minimum atomic E-state index is -2.54. The maximum atomic E-state index is 5.84. The van der Waals surface area contributed by atoms with E-state index >= 15 is 0 Å². The number of hydrogen-bond donors (Lipinski definition) is 1. The van der Waals surface area contributed by atoms with Crippen LogP contribution in [0.2, 0.25) is 0 Å². The summed E-state index contributed by atoms with van der Waals surface area (Å²) in [6, 6.07) is 5.56. The second-order valence-electron chi connectivity index (χ2n) is 4.31. The molecule has 0 aromatic heterocycles. The van der Waals surface area contributed by atoms with Gasteiger partial charge in [-0.1, -0.05) is 0 Å². The summed E-state index contributed by atoms with van der Waals surface area (Å²) in [5.41, 5.74) is 0. The van der Waals surface area contributed by atoms with Gasteiger partial charge in [-0.15, -0.1) is 0 Å². The van der Waals surface area contributed by atoms with Crippen LogP contribution in [0.4, 0.5) is 0 Å². The van der Waals surface area contributed by atoms with Crippen molar-refractivity contribution in [1.29, 1.82) is 0 Å². The Morgan fingerprint density at radius 1 is 1.37 bits per heavy atom. The summed E-state index contributed by atoms with van der Waals surface area (Å²) >= 11 is 5.47. The Bertz CT molecular complexity index is 495. The summed E-state index contributed by atoms with van der Waals surface area (Å²) in [6.07, 6.45) is 0. The molecular weight excluding hydrogens is 285 g/mol. The molecule has 1 atom stereocenters. The normalized spacial score (nSPS) is 16.4. The standard InChI is InChI=1S/C12H18NO4PS/c1-4-16-18(19,13-9(2)3)17-10-5-6-11-12(7-10)15-8-14-11/h5-7,9H,4,8H2,1-3H3,(H,13,19). The highest BCUT2D eigenvalue weighted by atomic mass is 32.5. The third-order valence-electron chi connectivity index (χ3n) is 2.28. The van der Waals surface area contributed by atoms with Crippen molar-refractivity contribution in [3.8, 4) is 17.2 Å². The molecule has 5 nitrogen and oxygen atoms in total. The van der Waals surface area contributed by atoms with E-state index in [1.165, 1.54) is 0 Å². The van der Waals surface area contributed by atoms with Crippen molar-refractivity contribution in [2.24, 2.45) is 0 Å². The number of rotatable bonds is 6. The number of hydrogen-bond acceptors (Lipinski definition) is 5. The van der Waals surface area contributed by atoms with Gasteiger partial charge in [0.2, 0.25) is 6.79 Å². The van der Waals surface area contributed by atoms with Crippen LogP contribution in [0.3, 0.4) is 0 Å². The molecule has 0 amide bonds. The van der Waals surface area contributed by atoms with E-state index in [0.29, 0.717) is 23.9 Å². The van der Waals surface area contributed by atoms with Gasteiger partial charge in [-0.25, -0.2) is 5.09 Å². The maximum absolute atomic E-state index is 5.84. The minimum absolute atomic E-state index is 0.186. The molecule has 1 aliphatic heterocycles. The van der Waals surface area contributed by atoms with Crippen molar-refractivity contribution in [3.05, 3.63) is 18.2 Å². The van der Waals surface area contributed by atoms with E-state index in [2.05, 4.69) is 5.09 Å². The summed E-state index contributed by atoms with van der Waals surface area (Å²) in [5, 5.41) is 3.18. The molecule has 0 fully saturated rings. The summed E-state index contributed by atoms with van der Waals surface area (Å²) in [6.45, 7) is 4.11. The molecule has 1 aliphatic rings. The number of nitrogens with one attached hydrogen (secondary N) is 1. The van der Waals surface area contributed by atoms with Gasteiger partial charge >= 0.3 is 6.64 Å². The smallest absolute Gasteiger partial charge is 0.313 e. The molecule has 0 aliphatic carbocycles. The van der Waals surface area contributed by atoms with Crippen molar-refractivity contribution >= 4 is 18.4 Å².